The molecule has 0 unspecified atom stereocenters. The maximum atomic E-state index is 13.1. The molecule has 140 valence electrons. The predicted molar refractivity (Wildman–Crippen MR) is 106 cm³/mol. The molecule has 0 fully saturated rings. The Morgan fingerprint density at radius 1 is 1.33 bits per heavy atom. The molecular formula is C18H15BrClFN4O2. The number of halogens is 3. The van der Waals surface area contributed by atoms with Gasteiger partial charge in [-0.15, -0.1) is 0 Å². The number of hydrogen-bond donors (Lipinski definition) is 1. The lowest BCUT2D eigenvalue weighted by molar-refractivity contribution is -0.117. The van der Waals surface area contributed by atoms with Gasteiger partial charge in [-0.05, 0) is 30.2 Å². The van der Waals surface area contributed by atoms with Crippen LogP contribution in [0.2, 0.25) is 5.02 Å². The second kappa shape index (κ2) is 7.74. The van der Waals surface area contributed by atoms with Crippen molar-refractivity contribution in [3.8, 4) is 0 Å². The van der Waals surface area contributed by atoms with Crippen LogP contribution < -0.4 is 10.9 Å². The molecule has 27 heavy (non-hydrogen) atoms. The Hall–Kier alpha value is -2.32. The zero-order valence-electron chi connectivity index (χ0n) is 14.5. The number of pyridine rings is 1. The summed E-state index contributed by atoms with van der Waals surface area (Å²) in [5.74, 6) is -1.09. The first-order valence-electron chi connectivity index (χ1n) is 8.07. The molecule has 2 heterocycles. The van der Waals surface area contributed by atoms with E-state index in [0.29, 0.717) is 11.1 Å². The standard InChI is InChI=1S/C18H15BrClFN4O2/c1-9(2)16-13-5-10(19)3-4-12(13)18(27)25(24-16)8-15(26)23-17-14(20)6-11(21)7-22-17/h3-7,9H,8H2,1-2H3,(H,22,23,26). The maximum absolute atomic E-state index is 13.1. The predicted octanol–water partition coefficient (Wildman–Crippen LogP) is 4.11. The van der Waals surface area contributed by atoms with Gasteiger partial charge < -0.3 is 5.32 Å². The van der Waals surface area contributed by atoms with Gasteiger partial charge >= 0.3 is 0 Å². The highest BCUT2D eigenvalue weighted by molar-refractivity contribution is 9.10. The number of aromatic nitrogens is 3. The highest BCUT2D eigenvalue weighted by Gasteiger charge is 2.16. The number of hydrogen-bond acceptors (Lipinski definition) is 4. The van der Waals surface area contributed by atoms with Gasteiger partial charge in [-0.1, -0.05) is 41.4 Å². The molecule has 6 nitrogen and oxygen atoms in total. The molecule has 1 aromatic carbocycles. The molecule has 0 aliphatic carbocycles. The van der Waals surface area contributed by atoms with Crippen molar-refractivity contribution in [2.45, 2.75) is 26.3 Å². The third kappa shape index (κ3) is 4.17. The summed E-state index contributed by atoms with van der Waals surface area (Å²) in [6.45, 7) is 3.60. The number of rotatable bonds is 4. The van der Waals surface area contributed by atoms with E-state index >= 15 is 0 Å². The van der Waals surface area contributed by atoms with Crippen LogP contribution in [0.25, 0.3) is 10.8 Å². The highest BCUT2D eigenvalue weighted by Crippen LogP contribution is 2.24. The van der Waals surface area contributed by atoms with E-state index in [9.17, 15) is 14.0 Å². The van der Waals surface area contributed by atoms with Crippen molar-refractivity contribution < 1.29 is 9.18 Å². The van der Waals surface area contributed by atoms with Crippen LogP contribution in [-0.2, 0) is 11.3 Å². The fraction of sp³-hybridized carbons (Fsp3) is 0.222. The van der Waals surface area contributed by atoms with Gasteiger partial charge in [0.1, 0.15) is 12.4 Å². The minimum Gasteiger partial charge on any atom is -0.308 e. The number of carbonyl (C=O) groups excluding carboxylic acids is 1. The highest BCUT2D eigenvalue weighted by atomic mass is 79.9. The van der Waals surface area contributed by atoms with E-state index in [-0.39, 0.29) is 28.9 Å². The Morgan fingerprint density at radius 3 is 2.74 bits per heavy atom. The SMILES string of the molecule is CC(C)c1nn(CC(=O)Nc2ncc(F)cc2Cl)c(=O)c2ccc(Br)cc12. The average Bonchev–Trinajstić information content (AvgIpc) is 2.59. The van der Waals surface area contributed by atoms with E-state index in [0.717, 1.165) is 26.8 Å². The number of fused-ring (bicyclic) bond motifs is 1. The topological polar surface area (TPSA) is 76.9 Å². The van der Waals surface area contributed by atoms with Crippen molar-refractivity contribution >= 4 is 50.0 Å². The molecule has 2 aromatic heterocycles. The van der Waals surface area contributed by atoms with Crippen molar-refractivity contribution in [3.63, 3.8) is 0 Å². The first-order valence-corrected chi connectivity index (χ1v) is 9.24. The summed E-state index contributed by atoms with van der Waals surface area (Å²) in [6.07, 6.45) is 0.941. The quantitative estimate of drug-likeness (QED) is 0.645. The summed E-state index contributed by atoms with van der Waals surface area (Å²) >= 11 is 9.26. The lowest BCUT2D eigenvalue weighted by atomic mass is 10.0. The number of benzene rings is 1. The minimum atomic E-state index is -0.613. The van der Waals surface area contributed by atoms with Crippen LogP contribution in [-0.4, -0.2) is 20.7 Å². The molecule has 0 radical (unpaired) electrons. The molecule has 3 aromatic rings. The number of nitrogens with one attached hydrogen (secondary N) is 1. The van der Waals surface area contributed by atoms with Crippen LogP contribution in [0.1, 0.15) is 25.5 Å². The molecule has 0 bridgehead atoms. The monoisotopic (exact) mass is 452 g/mol. The lowest BCUT2D eigenvalue weighted by Crippen LogP contribution is -2.31. The summed E-state index contributed by atoms with van der Waals surface area (Å²) in [7, 11) is 0. The molecule has 0 saturated carbocycles. The fourth-order valence-corrected chi connectivity index (χ4v) is 3.19. The van der Waals surface area contributed by atoms with Crippen LogP contribution in [0.3, 0.4) is 0 Å². The third-order valence-electron chi connectivity index (χ3n) is 3.86. The molecule has 1 amide bonds. The van der Waals surface area contributed by atoms with Gasteiger partial charge in [-0.2, -0.15) is 5.10 Å². The minimum absolute atomic E-state index is 0.0184. The van der Waals surface area contributed by atoms with Crippen LogP contribution in [0.15, 0.2) is 39.7 Å². The van der Waals surface area contributed by atoms with Gasteiger partial charge in [0.05, 0.1) is 22.3 Å². The molecule has 0 spiro atoms. The zero-order valence-corrected chi connectivity index (χ0v) is 16.8. The molecule has 1 N–H and O–H groups in total. The summed E-state index contributed by atoms with van der Waals surface area (Å²) in [4.78, 5) is 28.8. The number of amides is 1. The molecule has 9 heteroatoms. The molecule has 0 saturated heterocycles. The zero-order chi connectivity index (χ0) is 19.7. The summed E-state index contributed by atoms with van der Waals surface area (Å²) < 4.78 is 15.0. The van der Waals surface area contributed by atoms with Gasteiger partial charge in [0.15, 0.2) is 5.82 Å². The number of anilines is 1. The lowest BCUT2D eigenvalue weighted by Gasteiger charge is -2.13. The third-order valence-corrected chi connectivity index (χ3v) is 4.64. The molecule has 0 aliphatic rings. The Kier molecular flexibility index (Phi) is 5.57. The second-order valence-electron chi connectivity index (χ2n) is 6.22. The van der Waals surface area contributed by atoms with Crippen molar-refractivity contribution in [1.29, 1.82) is 0 Å². The van der Waals surface area contributed by atoms with Crippen molar-refractivity contribution in [2.24, 2.45) is 0 Å². The summed E-state index contributed by atoms with van der Waals surface area (Å²) in [5.41, 5.74) is 0.326. The van der Waals surface area contributed by atoms with Crippen LogP contribution in [0.4, 0.5) is 10.2 Å². The molecule has 3 rings (SSSR count). The van der Waals surface area contributed by atoms with Crippen molar-refractivity contribution in [1.82, 2.24) is 14.8 Å². The number of nitrogens with zero attached hydrogens (tertiary/aromatic N) is 3. The average molecular weight is 454 g/mol. The molecular weight excluding hydrogens is 439 g/mol. The van der Waals surface area contributed by atoms with Gasteiger partial charge in [0.2, 0.25) is 5.91 Å². The van der Waals surface area contributed by atoms with Crippen molar-refractivity contribution in [3.05, 3.63) is 61.8 Å². The van der Waals surface area contributed by atoms with Gasteiger partial charge in [-0.3, -0.25) is 9.59 Å². The number of carbonyl (C=O) groups is 1. The van der Waals surface area contributed by atoms with Crippen LogP contribution in [0.5, 0.6) is 0 Å². The van der Waals surface area contributed by atoms with Gasteiger partial charge in [0.25, 0.3) is 5.56 Å². The largest absolute Gasteiger partial charge is 0.308 e. The Bertz CT molecular complexity index is 1100. The van der Waals surface area contributed by atoms with E-state index in [4.69, 9.17) is 11.6 Å². The Labute approximate surface area is 167 Å². The van der Waals surface area contributed by atoms with E-state index in [1.54, 1.807) is 12.1 Å². The van der Waals surface area contributed by atoms with Crippen molar-refractivity contribution in [2.75, 3.05) is 5.32 Å². The van der Waals surface area contributed by atoms with E-state index in [1.165, 1.54) is 0 Å². The van der Waals surface area contributed by atoms with Crippen LogP contribution >= 0.6 is 27.5 Å². The van der Waals surface area contributed by atoms with E-state index in [1.807, 2.05) is 19.9 Å². The van der Waals surface area contributed by atoms with Crippen LogP contribution in [0, 0.1) is 5.82 Å². The van der Waals surface area contributed by atoms with Gasteiger partial charge in [-0.25, -0.2) is 14.1 Å². The normalized spacial score (nSPS) is 11.2. The van der Waals surface area contributed by atoms with E-state index < -0.39 is 11.7 Å². The smallest absolute Gasteiger partial charge is 0.275 e. The Morgan fingerprint density at radius 2 is 2.07 bits per heavy atom. The second-order valence-corrected chi connectivity index (χ2v) is 7.55. The Balaban J connectivity index is 1.97. The molecule has 0 atom stereocenters. The first kappa shape index (κ1) is 19.4. The summed E-state index contributed by atoms with van der Waals surface area (Å²) in [6, 6.07) is 6.34. The summed E-state index contributed by atoms with van der Waals surface area (Å²) in [5, 5.41) is 8.01. The van der Waals surface area contributed by atoms with E-state index in [2.05, 4.69) is 31.3 Å². The first-order chi connectivity index (χ1) is 12.8. The fourth-order valence-electron chi connectivity index (χ4n) is 2.63. The van der Waals surface area contributed by atoms with Gasteiger partial charge in [0, 0.05) is 9.86 Å². The maximum Gasteiger partial charge on any atom is 0.275 e. The molecule has 0 aliphatic heterocycles.